The summed E-state index contributed by atoms with van der Waals surface area (Å²) in [7, 11) is 0. The molecule has 3 fully saturated rings. The van der Waals surface area contributed by atoms with Crippen molar-refractivity contribution in [1.82, 2.24) is 10.2 Å². The monoisotopic (exact) mass is 456 g/mol. The average Bonchev–Trinajstić information content (AvgIpc) is 3.56. The van der Waals surface area contributed by atoms with Gasteiger partial charge >= 0.3 is 0 Å². The first-order valence-corrected chi connectivity index (χ1v) is 11.8. The van der Waals surface area contributed by atoms with Crippen LogP contribution in [-0.2, 0) is 14.3 Å². The number of likely N-dealkylation sites (tertiary alicyclic amines) is 1. The summed E-state index contributed by atoms with van der Waals surface area (Å²) in [6.45, 7) is 2.15. The van der Waals surface area contributed by atoms with Gasteiger partial charge in [-0.15, -0.1) is 11.3 Å². The average molecular weight is 457 g/mol. The second kappa shape index (κ2) is 9.46. The molecular formula is C23H28N4O4S. The van der Waals surface area contributed by atoms with Crippen LogP contribution < -0.4 is 5.32 Å². The summed E-state index contributed by atoms with van der Waals surface area (Å²) in [6, 6.07) is 2.25. The Bertz CT molecular complexity index is 978. The third kappa shape index (κ3) is 4.45. The van der Waals surface area contributed by atoms with Crippen LogP contribution in [0.4, 0.5) is 0 Å². The molecule has 3 N–H and O–H groups in total. The van der Waals surface area contributed by atoms with Gasteiger partial charge in [0.1, 0.15) is 18.7 Å². The van der Waals surface area contributed by atoms with Crippen LogP contribution in [0.15, 0.2) is 18.2 Å². The molecule has 2 saturated heterocycles. The Hall–Kier alpha value is -2.65. The molecule has 1 aromatic rings. The number of nitrogens with zero attached hydrogens (tertiary/aromatic N) is 1. The van der Waals surface area contributed by atoms with Crippen LogP contribution in [0.2, 0.25) is 0 Å². The molecule has 4 rings (SSSR count). The van der Waals surface area contributed by atoms with E-state index in [1.54, 1.807) is 30.0 Å². The van der Waals surface area contributed by atoms with Gasteiger partial charge in [-0.2, -0.15) is 0 Å². The summed E-state index contributed by atoms with van der Waals surface area (Å²) in [5, 5.41) is 18.2. The van der Waals surface area contributed by atoms with E-state index in [-0.39, 0.29) is 36.2 Å². The summed E-state index contributed by atoms with van der Waals surface area (Å²) in [5.41, 5.74) is 0.886. The van der Waals surface area contributed by atoms with Crippen LogP contribution in [0.3, 0.4) is 0 Å². The topological polar surface area (TPSA) is 123 Å². The first-order chi connectivity index (χ1) is 15.4. The normalized spacial score (nSPS) is 24.5. The van der Waals surface area contributed by atoms with Crippen LogP contribution in [0, 0.1) is 16.7 Å². The molecule has 3 aliphatic rings. The summed E-state index contributed by atoms with van der Waals surface area (Å²) in [4.78, 5) is 41.7. The van der Waals surface area contributed by atoms with E-state index in [0.29, 0.717) is 29.1 Å². The molecule has 170 valence electrons. The van der Waals surface area contributed by atoms with Crippen molar-refractivity contribution in [3.63, 3.8) is 0 Å². The molecular weight excluding hydrogens is 428 g/mol. The molecule has 0 radical (unpaired) electrons. The van der Waals surface area contributed by atoms with E-state index >= 15 is 0 Å². The maximum absolute atomic E-state index is 13.5. The highest BCUT2D eigenvalue weighted by atomic mass is 32.1. The molecule has 1 unspecified atom stereocenters. The van der Waals surface area contributed by atoms with Crippen LogP contribution in [-0.4, -0.2) is 65.8 Å². The third-order valence-corrected chi connectivity index (χ3v) is 7.59. The van der Waals surface area contributed by atoms with Crippen molar-refractivity contribution in [3.05, 3.63) is 28.0 Å². The minimum atomic E-state index is -0.663. The zero-order chi connectivity index (χ0) is 22.8. The van der Waals surface area contributed by atoms with Crippen molar-refractivity contribution in [2.24, 2.45) is 5.92 Å². The van der Waals surface area contributed by atoms with Crippen molar-refractivity contribution < 1.29 is 19.1 Å². The minimum absolute atomic E-state index is 0.0512. The highest BCUT2D eigenvalue weighted by Gasteiger charge is 2.49. The molecule has 3 heterocycles. The lowest BCUT2D eigenvalue weighted by Crippen LogP contribution is -2.54. The smallest absolute Gasteiger partial charge is 0.262 e. The Labute approximate surface area is 191 Å². The van der Waals surface area contributed by atoms with E-state index in [1.807, 2.05) is 0 Å². The SMILES string of the molecule is CC(=N)/C=C(\C=N)c1ccc(C(=O)NC(C(=O)N2CC[C@H]3OCC(=O)[C@H]32)C2CCCC2)s1. The molecule has 32 heavy (non-hydrogen) atoms. The number of amides is 2. The van der Waals surface area contributed by atoms with E-state index in [2.05, 4.69) is 5.32 Å². The number of hydrogen-bond donors (Lipinski definition) is 3. The number of ketones is 1. The molecule has 0 spiro atoms. The molecule has 8 nitrogen and oxygen atoms in total. The lowest BCUT2D eigenvalue weighted by atomic mass is 9.96. The van der Waals surface area contributed by atoms with Crippen molar-refractivity contribution >= 4 is 46.4 Å². The highest BCUT2D eigenvalue weighted by molar-refractivity contribution is 7.15. The standard InChI is InChI=1S/C23H28N4O4S/c1-13(25)10-15(11-24)18-6-7-19(32-18)22(29)26-20(14-4-2-3-5-14)23(30)27-9-8-17-21(27)16(28)12-31-17/h6-7,10-11,14,17,20-21,24-25H,2-5,8-9,12H2,1H3,(H,26,29)/b15-10+,24-11?,25-13?/t17-,20?,21-/m1/s1. The number of allylic oxidation sites excluding steroid dienone is 2. The summed E-state index contributed by atoms with van der Waals surface area (Å²) >= 11 is 1.23. The van der Waals surface area contributed by atoms with E-state index in [0.717, 1.165) is 30.6 Å². The highest BCUT2D eigenvalue weighted by Crippen LogP contribution is 2.33. The van der Waals surface area contributed by atoms with Crippen LogP contribution in [0.1, 0.15) is 53.6 Å². The predicted octanol–water partition coefficient (Wildman–Crippen LogP) is 2.68. The third-order valence-electron chi connectivity index (χ3n) is 6.46. The molecule has 2 aliphatic heterocycles. The van der Waals surface area contributed by atoms with Crippen molar-refractivity contribution in [1.29, 1.82) is 10.8 Å². The number of hydrogen-bond acceptors (Lipinski definition) is 7. The number of carbonyl (C=O) groups excluding carboxylic acids is 3. The number of Topliss-reactive ketones (excluding diaryl/α,β-unsaturated/α-hetero) is 1. The molecule has 1 aliphatic carbocycles. The van der Waals surface area contributed by atoms with Gasteiger partial charge < -0.3 is 25.8 Å². The summed E-state index contributed by atoms with van der Waals surface area (Å²) in [6.07, 6.45) is 6.96. The van der Waals surface area contributed by atoms with Gasteiger partial charge in [0, 0.05) is 28.9 Å². The second-order valence-electron chi connectivity index (χ2n) is 8.67. The Kier molecular flexibility index (Phi) is 6.66. The van der Waals surface area contributed by atoms with Gasteiger partial charge in [0.05, 0.1) is 11.0 Å². The number of rotatable bonds is 7. The Morgan fingerprint density at radius 1 is 1.25 bits per heavy atom. The maximum Gasteiger partial charge on any atom is 0.262 e. The predicted molar refractivity (Wildman–Crippen MR) is 123 cm³/mol. The summed E-state index contributed by atoms with van der Waals surface area (Å²) < 4.78 is 5.52. The lowest BCUT2D eigenvalue weighted by molar-refractivity contribution is -0.139. The molecule has 1 saturated carbocycles. The van der Waals surface area contributed by atoms with E-state index in [1.165, 1.54) is 17.6 Å². The molecule has 0 bridgehead atoms. The fourth-order valence-corrected chi connectivity index (χ4v) is 5.83. The number of thiophene rings is 1. The first-order valence-electron chi connectivity index (χ1n) is 11.0. The van der Waals surface area contributed by atoms with Gasteiger partial charge in [0.25, 0.3) is 5.91 Å². The fraction of sp³-hybridized carbons (Fsp3) is 0.522. The molecule has 3 atom stereocenters. The number of ether oxygens (including phenoxy) is 1. The quantitative estimate of drug-likeness (QED) is 0.546. The van der Waals surface area contributed by atoms with E-state index in [4.69, 9.17) is 15.6 Å². The van der Waals surface area contributed by atoms with Crippen LogP contribution in [0.25, 0.3) is 5.57 Å². The maximum atomic E-state index is 13.5. The molecule has 9 heteroatoms. The van der Waals surface area contributed by atoms with E-state index in [9.17, 15) is 14.4 Å². The first kappa shape index (κ1) is 22.5. The largest absolute Gasteiger partial charge is 0.368 e. The minimum Gasteiger partial charge on any atom is -0.368 e. The van der Waals surface area contributed by atoms with Crippen LogP contribution >= 0.6 is 11.3 Å². The van der Waals surface area contributed by atoms with Gasteiger partial charge in [0.2, 0.25) is 5.91 Å². The van der Waals surface area contributed by atoms with Crippen molar-refractivity contribution in [3.8, 4) is 0 Å². The van der Waals surface area contributed by atoms with Gasteiger partial charge in [0.15, 0.2) is 5.78 Å². The van der Waals surface area contributed by atoms with E-state index < -0.39 is 12.1 Å². The Morgan fingerprint density at radius 3 is 2.66 bits per heavy atom. The molecule has 1 aromatic heterocycles. The number of fused-ring (bicyclic) bond motifs is 1. The zero-order valence-electron chi connectivity index (χ0n) is 18.1. The van der Waals surface area contributed by atoms with Gasteiger partial charge in [-0.1, -0.05) is 12.8 Å². The van der Waals surface area contributed by atoms with Gasteiger partial charge in [-0.05, 0) is 50.3 Å². The summed E-state index contributed by atoms with van der Waals surface area (Å²) in [5.74, 6) is -0.521. The van der Waals surface area contributed by atoms with Crippen molar-refractivity contribution in [2.45, 2.75) is 57.2 Å². The number of nitrogens with one attached hydrogen (secondary N) is 3. The van der Waals surface area contributed by atoms with Gasteiger partial charge in [-0.3, -0.25) is 14.4 Å². The Morgan fingerprint density at radius 2 is 1.97 bits per heavy atom. The lowest BCUT2D eigenvalue weighted by Gasteiger charge is -2.30. The zero-order valence-corrected chi connectivity index (χ0v) is 18.9. The molecule has 0 aromatic carbocycles. The molecule has 2 amide bonds. The van der Waals surface area contributed by atoms with Gasteiger partial charge in [-0.25, -0.2) is 0 Å². The Balaban J connectivity index is 1.53. The fourth-order valence-electron chi connectivity index (χ4n) is 4.94. The number of carbonyl (C=O) groups is 3. The second-order valence-corrected chi connectivity index (χ2v) is 9.75. The van der Waals surface area contributed by atoms with Crippen molar-refractivity contribution in [2.75, 3.05) is 13.2 Å². The van der Waals surface area contributed by atoms with Crippen LogP contribution in [0.5, 0.6) is 0 Å².